The van der Waals surface area contributed by atoms with E-state index in [-0.39, 0.29) is 36.5 Å². The average Bonchev–Trinajstić information content (AvgIpc) is 2.99. The van der Waals surface area contributed by atoms with Gasteiger partial charge in [0.05, 0.1) is 27.7 Å². The number of ether oxygens (including phenoxy) is 2. The molecule has 8 heteroatoms. The number of hydrogen-bond acceptors (Lipinski definition) is 4. The average molecular weight is 458 g/mol. The van der Waals surface area contributed by atoms with E-state index in [9.17, 15) is 14.0 Å². The SMILES string of the molecule is O=C1c2ccccc2C(=O)N1CC1COc2cc(F)cc(-c3c(Cl)cccc3Cl)c2O1. The van der Waals surface area contributed by atoms with Crippen LogP contribution in [0.2, 0.25) is 10.0 Å². The maximum Gasteiger partial charge on any atom is 0.261 e. The van der Waals surface area contributed by atoms with Crippen LogP contribution in [0.4, 0.5) is 4.39 Å². The summed E-state index contributed by atoms with van der Waals surface area (Å²) < 4.78 is 26.1. The fourth-order valence-corrected chi connectivity index (χ4v) is 4.42. The van der Waals surface area contributed by atoms with Crippen LogP contribution in [0.1, 0.15) is 20.7 Å². The smallest absolute Gasteiger partial charge is 0.261 e. The number of rotatable bonds is 3. The third kappa shape index (κ3) is 3.32. The fraction of sp³-hybridized carbons (Fsp3) is 0.130. The maximum atomic E-state index is 14.3. The van der Waals surface area contributed by atoms with Crippen molar-refractivity contribution < 1.29 is 23.5 Å². The van der Waals surface area contributed by atoms with Crippen molar-refractivity contribution >= 4 is 35.0 Å². The lowest BCUT2D eigenvalue weighted by Gasteiger charge is -2.30. The van der Waals surface area contributed by atoms with E-state index in [1.807, 2.05) is 0 Å². The normalized spacial score (nSPS) is 17.1. The minimum Gasteiger partial charge on any atom is -0.486 e. The second kappa shape index (κ2) is 7.55. The van der Waals surface area contributed by atoms with Crippen LogP contribution < -0.4 is 9.47 Å². The Morgan fingerprint density at radius 2 is 1.58 bits per heavy atom. The van der Waals surface area contributed by atoms with Gasteiger partial charge in [-0.1, -0.05) is 41.4 Å². The largest absolute Gasteiger partial charge is 0.486 e. The van der Waals surface area contributed by atoms with E-state index in [1.165, 1.54) is 12.1 Å². The number of carbonyl (C=O) groups is 2. The quantitative estimate of drug-likeness (QED) is 0.504. The molecule has 0 saturated carbocycles. The van der Waals surface area contributed by atoms with Crippen molar-refractivity contribution in [2.24, 2.45) is 0 Å². The highest BCUT2D eigenvalue weighted by molar-refractivity contribution is 6.39. The van der Waals surface area contributed by atoms with Crippen LogP contribution in [0.25, 0.3) is 11.1 Å². The van der Waals surface area contributed by atoms with Crippen molar-refractivity contribution in [1.29, 1.82) is 0 Å². The highest BCUT2D eigenvalue weighted by Crippen LogP contribution is 2.46. The highest BCUT2D eigenvalue weighted by atomic mass is 35.5. The lowest BCUT2D eigenvalue weighted by atomic mass is 10.0. The molecule has 2 heterocycles. The Kier molecular flexibility index (Phi) is 4.84. The first-order chi connectivity index (χ1) is 14.9. The van der Waals surface area contributed by atoms with Gasteiger partial charge in [0.25, 0.3) is 11.8 Å². The maximum absolute atomic E-state index is 14.3. The van der Waals surface area contributed by atoms with E-state index in [4.69, 9.17) is 32.7 Å². The summed E-state index contributed by atoms with van der Waals surface area (Å²) >= 11 is 12.6. The Hall–Kier alpha value is -3.09. The minimum atomic E-state index is -0.653. The molecule has 31 heavy (non-hydrogen) atoms. The van der Waals surface area contributed by atoms with Crippen molar-refractivity contribution in [1.82, 2.24) is 4.90 Å². The predicted molar refractivity (Wildman–Crippen MR) is 114 cm³/mol. The molecule has 156 valence electrons. The topological polar surface area (TPSA) is 55.8 Å². The van der Waals surface area contributed by atoms with Crippen molar-refractivity contribution in [2.75, 3.05) is 13.2 Å². The molecular weight excluding hydrogens is 444 g/mol. The molecule has 0 N–H and O–H groups in total. The summed E-state index contributed by atoms with van der Waals surface area (Å²) in [6, 6.07) is 14.1. The third-order valence-corrected chi connectivity index (χ3v) is 5.86. The molecule has 2 aliphatic rings. The molecule has 2 amide bonds. The molecular formula is C23H14Cl2FNO4. The number of benzene rings is 3. The number of nitrogens with zero attached hydrogens (tertiary/aromatic N) is 1. The van der Waals surface area contributed by atoms with Crippen LogP contribution in [-0.2, 0) is 0 Å². The Morgan fingerprint density at radius 3 is 2.23 bits per heavy atom. The van der Waals surface area contributed by atoms with Gasteiger partial charge in [0.1, 0.15) is 12.4 Å². The standard InChI is InChI=1S/C23H14Cl2FNO4/c24-17-6-3-7-18(25)20(17)16-8-12(26)9-19-21(16)31-13(11-30-19)10-27-22(28)14-4-1-2-5-15(14)23(27)29/h1-9,13H,10-11H2. The van der Waals surface area contributed by atoms with Crippen LogP contribution in [0.15, 0.2) is 54.6 Å². The lowest BCUT2D eigenvalue weighted by molar-refractivity contribution is 0.0431. The summed E-state index contributed by atoms with van der Waals surface area (Å²) in [6.45, 7) is 0.0262. The molecule has 3 aromatic rings. The van der Waals surface area contributed by atoms with E-state index in [0.717, 1.165) is 4.90 Å². The highest BCUT2D eigenvalue weighted by Gasteiger charge is 2.38. The minimum absolute atomic E-state index is 0.0150. The number of amides is 2. The van der Waals surface area contributed by atoms with Crippen LogP contribution in [0.3, 0.4) is 0 Å². The summed E-state index contributed by atoms with van der Waals surface area (Å²) in [6.07, 6.45) is -0.653. The van der Waals surface area contributed by atoms with E-state index < -0.39 is 11.9 Å². The molecule has 1 atom stereocenters. The summed E-state index contributed by atoms with van der Waals surface area (Å²) in [5.74, 6) is -0.854. The summed E-state index contributed by atoms with van der Waals surface area (Å²) in [4.78, 5) is 26.5. The van der Waals surface area contributed by atoms with E-state index in [2.05, 4.69) is 0 Å². The van der Waals surface area contributed by atoms with Crippen molar-refractivity contribution in [2.45, 2.75) is 6.10 Å². The Labute approximate surface area is 186 Å². The van der Waals surface area contributed by atoms with Crippen LogP contribution in [0.5, 0.6) is 11.5 Å². The van der Waals surface area contributed by atoms with E-state index in [0.29, 0.717) is 32.3 Å². The van der Waals surface area contributed by atoms with Crippen LogP contribution in [0, 0.1) is 5.82 Å². The zero-order valence-electron chi connectivity index (χ0n) is 15.9. The monoisotopic (exact) mass is 457 g/mol. The molecule has 3 aromatic carbocycles. The second-order valence-corrected chi connectivity index (χ2v) is 8.01. The molecule has 0 bridgehead atoms. The van der Waals surface area contributed by atoms with E-state index in [1.54, 1.807) is 42.5 Å². The van der Waals surface area contributed by atoms with Gasteiger partial charge in [0.2, 0.25) is 0 Å². The van der Waals surface area contributed by atoms with Crippen molar-refractivity contribution in [3.8, 4) is 22.6 Å². The van der Waals surface area contributed by atoms with Gasteiger partial charge in [-0.25, -0.2) is 4.39 Å². The third-order valence-electron chi connectivity index (χ3n) is 5.23. The number of fused-ring (bicyclic) bond motifs is 2. The molecule has 0 saturated heterocycles. The summed E-state index contributed by atoms with van der Waals surface area (Å²) in [7, 11) is 0. The first kappa shape index (κ1) is 19.8. The number of halogens is 3. The first-order valence-corrected chi connectivity index (χ1v) is 10.2. The molecule has 1 unspecified atom stereocenters. The Balaban J connectivity index is 1.48. The Morgan fingerprint density at radius 1 is 0.935 bits per heavy atom. The van der Waals surface area contributed by atoms with E-state index >= 15 is 0 Å². The van der Waals surface area contributed by atoms with Gasteiger partial charge in [0, 0.05) is 17.2 Å². The zero-order valence-corrected chi connectivity index (χ0v) is 17.4. The van der Waals surface area contributed by atoms with Crippen LogP contribution in [-0.4, -0.2) is 36.0 Å². The molecule has 2 aliphatic heterocycles. The first-order valence-electron chi connectivity index (χ1n) is 9.46. The van der Waals surface area contributed by atoms with Gasteiger partial charge in [-0.2, -0.15) is 0 Å². The Bertz CT molecular complexity index is 1190. The number of imide groups is 1. The second-order valence-electron chi connectivity index (χ2n) is 7.19. The van der Waals surface area contributed by atoms with Gasteiger partial charge < -0.3 is 9.47 Å². The number of carbonyl (C=O) groups excluding carboxylic acids is 2. The van der Waals surface area contributed by atoms with Gasteiger partial charge in [-0.3, -0.25) is 14.5 Å². The lowest BCUT2D eigenvalue weighted by Crippen LogP contribution is -2.43. The number of hydrogen-bond donors (Lipinski definition) is 0. The van der Waals surface area contributed by atoms with Crippen molar-refractivity contribution in [3.05, 3.63) is 81.6 Å². The molecule has 5 rings (SSSR count). The van der Waals surface area contributed by atoms with Crippen LogP contribution >= 0.6 is 23.2 Å². The summed E-state index contributed by atoms with van der Waals surface area (Å²) in [5, 5.41) is 0.651. The van der Waals surface area contributed by atoms with Gasteiger partial charge in [-0.15, -0.1) is 0 Å². The fourth-order valence-electron chi connectivity index (χ4n) is 3.82. The molecule has 0 fully saturated rings. The predicted octanol–water partition coefficient (Wildman–Crippen LogP) is 5.24. The van der Waals surface area contributed by atoms with Gasteiger partial charge >= 0.3 is 0 Å². The van der Waals surface area contributed by atoms with Gasteiger partial charge in [0.15, 0.2) is 17.6 Å². The summed E-state index contributed by atoms with van der Waals surface area (Å²) in [5.41, 5.74) is 1.45. The molecule has 0 spiro atoms. The zero-order chi connectivity index (χ0) is 21.7. The molecule has 0 radical (unpaired) electrons. The van der Waals surface area contributed by atoms with Crippen molar-refractivity contribution in [3.63, 3.8) is 0 Å². The molecule has 0 aromatic heterocycles. The van der Waals surface area contributed by atoms with Gasteiger partial charge in [-0.05, 0) is 30.3 Å². The molecule has 0 aliphatic carbocycles. The molecule has 5 nitrogen and oxygen atoms in total.